The van der Waals surface area contributed by atoms with Crippen LogP contribution >= 0.6 is 23.2 Å². The summed E-state index contributed by atoms with van der Waals surface area (Å²) in [5.74, 6) is -1.71. The third kappa shape index (κ3) is 9.15. The Kier molecular flexibility index (Phi) is 11.1. The molecule has 0 saturated carbocycles. The molecule has 0 aliphatic rings. The lowest BCUT2D eigenvalue weighted by molar-refractivity contribution is -0.120. The van der Waals surface area contributed by atoms with E-state index in [0.29, 0.717) is 28.0 Å². The number of halogens is 2. The highest BCUT2D eigenvalue weighted by molar-refractivity contribution is 6.31. The van der Waals surface area contributed by atoms with Crippen LogP contribution in [0.1, 0.15) is 43.6 Å². The molecular formula is C32H25Cl2N3O7. The third-order valence-corrected chi connectivity index (χ3v) is 6.29. The van der Waals surface area contributed by atoms with Crippen LogP contribution in [0, 0.1) is 0 Å². The van der Waals surface area contributed by atoms with Crippen LogP contribution in [0.2, 0.25) is 10.0 Å². The maximum absolute atomic E-state index is 12.8. The van der Waals surface area contributed by atoms with Crippen LogP contribution in [-0.2, 0) is 4.79 Å². The Bertz CT molecular complexity index is 1670. The normalized spacial score (nSPS) is 10.6. The summed E-state index contributed by atoms with van der Waals surface area (Å²) >= 11 is 11.8. The second-order valence-corrected chi connectivity index (χ2v) is 9.80. The van der Waals surface area contributed by atoms with Gasteiger partial charge in [0.2, 0.25) is 0 Å². The molecule has 0 aliphatic carbocycles. The summed E-state index contributed by atoms with van der Waals surface area (Å²) in [5.41, 5.74) is 3.41. The Morgan fingerprint density at radius 3 is 1.86 bits per heavy atom. The van der Waals surface area contributed by atoms with Crippen LogP contribution in [0.3, 0.4) is 0 Å². The summed E-state index contributed by atoms with van der Waals surface area (Å²) in [6, 6.07) is 22.9. The molecule has 2 N–H and O–H groups in total. The van der Waals surface area contributed by atoms with Gasteiger partial charge in [-0.2, -0.15) is 5.10 Å². The van der Waals surface area contributed by atoms with Gasteiger partial charge in [-0.25, -0.2) is 15.0 Å². The molecular weight excluding hydrogens is 609 g/mol. The Hall–Kier alpha value is -5.19. The minimum Gasteiger partial charge on any atom is -0.494 e. The fraction of sp³-hybridized carbons (Fsp3) is 0.0938. The third-order valence-electron chi connectivity index (χ3n) is 5.79. The van der Waals surface area contributed by atoms with Gasteiger partial charge >= 0.3 is 11.9 Å². The number of hydrazone groups is 1. The van der Waals surface area contributed by atoms with Crippen LogP contribution in [0.15, 0.2) is 96.1 Å². The Labute approximate surface area is 262 Å². The van der Waals surface area contributed by atoms with E-state index in [0.717, 1.165) is 0 Å². The molecule has 2 amide bonds. The first kappa shape index (κ1) is 31.7. The first-order valence-corrected chi connectivity index (χ1v) is 13.9. The van der Waals surface area contributed by atoms with E-state index in [1.165, 1.54) is 60.8 Å². The largest absolute Gasteiger partial charge is 0.494 e. The van der Waals surface area contributed by atoms with E-state index in [-0.39, 0.29) is 34.7 Å². The molecule has 0 unspecified atom stereocenters. The van der Waals surface area contributed by atoms with E-state index in [1.54, 1.807) is 36.4 Å². The van der Waals surface area contributed by atoms with Gasteiger partial charge in [-0.05, 0) is 91.9 Å². The zero-order valence-electron chi connectivity index (χ0n) is 23.2. The molecule has 12 heteroatoms. The molecule has 224 valence electrons. The number of esters is 2. The lowest BCUT2D eigenvalue weighted by Crippen LogP contribution is -2.34. The van der Waals surface area contributed by atoms with Gasteiger partial charge in [-0.1, -0.05) is 23.2 Å². The maximum atomic E-state index is 12.8. The van der Waals surface area contributed by atoms with Crippen molar-refractivity contribution in [3.8, 4) is 17.2 Å². The molecule has 0 radical (unpaired) electrons. The van der Waals surface area contributed by atoms with Gasteiger partial charge in [-0.3, -0.25) is 9.59 Å². The molecule has 10 nitrogen and oxygen atoms in total. The van der Waals surface area contributed by atoms with Crippen molar-refractivity contribution in [3.05, 3.63) is 123 Å². The van der Waals surface area contributed by atoms with Crippen molar-refractivity contribution >= 4 is 53.2 Å². The van der Waals surface area contributed by atoms with Crippen LogP contribution in [0.25, 0.3) is 0 Å². The Morgan fingerprint density at radius 2 is 1.27 bits per heavy atom. The summed E-state index contributed by atoms with van der Waals surface area (Å²) < 4.78 is 16.4. The minimum atomic E-state index is -0.710. The molecule has 0 saturated heterocycles. The molecule has 0 fully saturated rings. The highest BCUT2D eigenvalue weighted by Crippen LogP contribution is 2.26. The maximum Gasteiger partial charge on any atom is 0.343 e. The first-order chi connectivity index (χ1) is 21.2. The standard InChI is InChI=1S/C32H25Cl2N3O7/c1-2-42-26-14-7-20(8-15-26)30(39)35-19-29(38)37-36-18-23-9-16-27(43-31(40)21-3-10-24(33)11-4-21)17-28(23)44-32(41)22-5-12-25(34)13-6-22/h3-18H,2,19H2,1H3,(H,35,39)(H,37,38)/b36-18-. The van der Waals surface area contributed by atoms with Crippen molar-refractivity contribution in [2.24, 2.45) is 5.10 Å². The molecule has 0 spiro atoms. The zero-order chi connectivity index (χ0) is 31.5. The molecule has 0 bridgehead atoms. The fourth-order valence-electron chi connectivity index (χ4n) is 3.62. The van der Waals surface area contributed by atoms with E-state index in [1.807, 2.05) is 6.92 Å². The van der Waals surface area contributed by atoms with E-state index in [2.05, 4.69) is 15.8 Å². The molecule has 0 heterocycles. The number of rotatable bonds is 11. The van der Waals surface area contributed by atoms with Crippen molar-refractivity contribution in [1.82, 2.24) is 10.7 Å². The van der Waals surface area contributed by atoms with E-state index < -0.39 is 23.8 Å². The predicted octanol–water partition coefficient (Wildman–Crippen LogP) is 5.71. The lowest BCUT2D eigenvalue weighted by Gasteiger charge is -2.11. The minimum absolute atomic E-state index is 0.00634. The number of hydrogen-bond acceptors (Lipinski definition) is 8. The summed E-state index contributed by atoms with van der Waals surface area (Å²) in [4.78, 5) is 50.0. The predicted molar refractivity (Wildman–Crippen MR) is 165 cm³/mol. The van der Waals surface area contributed by atoms with Crippen LogP contribution < -0.4 is 25.0 Å². The van der Waals surface area contributed by atoms with Gasteiger partial charge in [0.1, 0.15) is 17.2 Å². The average Bonchev–Trinajstić information content (AvgIpc) is 3.02. The quantitative estimate of drug-likeness (QED) is 0.0935. The number of amides is 2. The highest BCUT2D eigenvalue weighted by Gasteiger charge is 2.15. The van der Waals surface area contributed by atoms with Crippen LogP contribution in [-0.4, -0.2) is 43.1 Å². The summed E-state index contributed by atoms with van der Waals surface area (Å²) in [5, 5.41) is 7.31. The van der Waals surface area contributed by atoms with E-state index in [4.69, 9.17) is 37.4 Å². The first-order valence-electron chi connectivity index (χ1n) is 13.1. The van der Waals surface area contributed by atoms with E-state index in [9.17, 15) is 19.2 Å². The second kappa shape index (κ2) is 15.3. The van der Waals surface area contributed by atoms with Crippen LogP contribution in [0.4, 0.5) is 0 Å². The molecule has 0 atom stereocenters. The molecule has 44 heavy (non-hydrogen) atoms. The molecule has 4 aromatic rings. The second-order valence-electron chi connectivity index (χ2n) is 8.93. The number of nitrogens with one attached hydrogen (secondary N) is 2. The average molecular weight is 634 g/mol. The van der Waals surface area contributed by atoms with Crippen molar-refractivity contribution in [2.75, 3.05) is 13.2 Å². The molecule has 0 aromatic heterocycles. The lowest BCUT2D eigenvalue weighted by atomic mass is 10.2. The number of benzene rings is 4. The van der Waals surface area contributed by atoms with Crippen molar-refractivity contribution in [1.29, 1.82) is 0 Å². The highest BCUT2D eigenvalue weighted by atomic mass is 35.5. The molecule has 4 aromatic carbocycles. The van der Waals surface area contributed by atoms with Gasteiger partial charge in [0.25, 0.3) is 11.8 Å². The van der Waals surface area contributed by atoms with Gasteiger partial charge in [0.05, 0.1) is 30.5 Å². The van der Waals surface area contributed by atoms with Gasteiger partial charge < -0.3 is 19.5 Å². The topological polar surface area (TPSA) is 132 Å². The summed E-state index contributed by atoms with van der Waals surface area (Å²) in [6.07, 6.45) is 1.24. The van der Waals surface area contributed by atoms with Crippen LogP contribution in [0.5, 0.6) is 17.2 Å². The number of hydrogen-bond donors (Lipinski definition) is 2. The number of carbonyl (C=O) groups excluding carboxylic acids is 4. The van der Waals surface area contributed by atoms with Crippen molar-refractivity contribution in [2.45, 2.75) is 6.92 Å². The Morgan fingerprint density at radius 1 is 0.727 bits per heavy atom. The zero-order valence-corrected chi connectivity index (χ0v) is 24.7. The van der Waals surface area contributed by atoms with Gasteiger partial charge in [0, 0.05) is 27.2 Å². The monoisotopic (exact) mass is 633 g/mol. The van der Waals surface area contributed by atoms with Gasteiger partial charge in [-0.15, -0.1) is 0 Å². The fourth-order valence-corrected chi connectivity index (χ4v) is 3.87. The number of ether oxygens (including phenoxy) is 3. The van der Waals surface area contributed by atoms with E-state index >= 15 is 0 Å². The van der Waals surface area contributed by atoms with Gasteiger partial charge in [0.15, 0.2) is 0 Å². The number of carbonyl (C=O) groups is 4. The summed E-state index contributed by atoms with van der Waals surface area (Å²) in [6.45, 7) is 2.01. The summed E-state index contributed by atoms with van der Waals surface area (Å²) in [7, 11) is 0. The van der Waals surface area contributed by atoms with Crippen molar-refractivity contribution < 1.29 is 33.4 Å². The Balaban J connectivity index is 1.43. The molecule has 4 rings (SSSR count). The smallest absolute Gasteiger partial charge is 0.343 e. The van der Waals surface area contributed by atoms with Crippen molar-refractivity contribution in [3.63, 3.8) is 0 Å². The SMILES string of the molecule is CCOc1ccc(C(=O)NCC(=O)N/N=C\c2ccc(OC(=O)c3ccc(Cl)cc3)cc2OC(=O)c2ccc(Cl)cc2)cc1. The molecule has 0 aliphatic heterocycles. The number of nitrogens with zero attached hydrogens (tertiary/aromatic N) is 1.